The van der Waals surface area contributed by atoms with Gasteiger partial charge in [-0.25, -0.2) is 0 Å². The zero-order valence-electron chi connectivity index (χ0n) is 15.3. The highest BCUT2D eigenvalue weighted by Gasteiger charge is 2.37. The van der Waals surface area contributed by atoms with Gasteiger partial charge >= 0.3 is 6.75 Å². The molecule has 3 rings (SSSR count). The number of hydrogen-bond acceptors (Lipinski definition) is 8. The number of hydrogen-bond donors (Lipinski definition) is 3. The highest BCUT2D eigenvalue weighted by atomic mass is 16.6. The number of carbonyl (C=O) groups is 2. The summed E-state index contributed by atoms with van der Waals surface area (Å²) < 4.78 is 10.8. The predicted octanol–water partition coefficient (Wildman–Crippen LogP) is -1.52. The summed E-state index contributed by atoms with van der Waals surface area (Å²) in [5.74, 6) is -1.83. The van der Waals surface area contributed by atoms with Gasteiger partial charge in [-0.3, -0.25) is 4.79 Å². The van der Waals surface area contributed by atoms with E-state index in [2.05, 4.69) is 0 Å². The Morgan fingerprint density at radius 2 is 2.04 bits per heavy atom. The predicted molar refractivity (Wildman–Crippen MR) is 93.9 cm³/mol. The van der Waals surface area contributed by atoms with Crippen molar-refractivity contribution in [1.29, 1.82) is 0 Å². The lowest BCUT2D eigenvalue weighted by Crippen LogP contribution is -2.60. The minimum absolute atomic E-state index is 0.00695. The first-order chi connectivity index (χ1) is 12.6. The lowest BCUT2D eigenvalue weighted by Gasteiger charge is -2.42. The molecule has 1 aromatic carbocycles. The van der Waals surface area contributed by atoms with E-state index in [-0.39, 0.29) is 54.7 Å². The Kier molecular flexibility index (Phi) is 5.07. The van der Waals surface area contributed by atoms with E-state index in [0.29, 0.717) is 5.56 Å². The van der Waals surface area contributed by atoms with Gasteiger partial charge in [0.15, 0.2) is 0 Å². The first kappa shape index (κ1) is 19.5. The largest absolute Gasteiger partial charge is 0.669 e. The maximum Gasteiger partial charge on any atom is 0.430 e. The Morgan fingerprint density at radius 3 is 2.63 bits per heavy atom. The number of carboxylic acid groups (broad SMARTS) is 1. The SMILES string of the molecule is CC(C)[C@@H](N)C(=O)N1CC(Oc2ccc3c(c2C(=O)[O-])O[B-](O)(O)CC3)C1. The lowest BCUT2D eigenvalue weighted by molar-refractivity contribution is -0.255. The smallest absolute Gasteiger partial charge is 0.430 e. The van der Waals surface area contributed by atoms with Crippen molar-refractivity contribution >= 4 is 18.6 Å². The summed E-state index contributed by atoms with van der Waals surface area (Å²) in [6.45, 7) is 1.18. The van der Waals surface area contributed by atoms with Gasteiger partial charge in [0, 0.05) is 0 Å². The highest BCUT2D eigenvalue weighted by Crippen LogP contribution is 2.38. The van der Waals surface area contributed by atoms with E-state index in [9.17, 15) is 24.7 Å². The molecule has 0 aromatic heterocycles. The molecule has 148 valence electrons. The summed E-state index contributed by atoms with van der Waals surface area (Å²) in [4.78, 5) is 25.3. The molecular weight excluding hydrogens is 355 g/mol. The molecule has 2 heterocycles. The molecule has 1 atom stereocenters. The first-order valence-electron chi connectivity index (χ1n) is 8.96. The normalized spacial score (nSPS) is 19.7. The molecule has 1 fully saturated rings. The summed E-state index contributed by atoms with van der Waals surface area (Å²) in [6, 6.07) is 2.52. The van der Waals surface area contributed by atoms with E-state index in [0.717, 1.165) is 0 Å². The molecule has 1 aromatic rings. The van der Waals surface area contributed by atoms with Crippen LogP contribution in [0.2, 0.25) is 6.32 Å². The van der Waals surface area contributed by atoms with Crippen LogP contribution >= 0.6 is 0 Å². The molecule has 1 amide bonds. The molecule has 10 heteroatoms. The van der Waals surface area contributed by atoms with Crippen LogP contribution in [0.5, 0.6) is 11.5 Å². The third-order valence-electron chi connectivity index (χ3n) is 4.96. The van der Waals surface area contributed by atoms with Crippen LogP contribution in [0.4, 0.5) is 0 Å². The summed E-state index contributed by atoms with van der Waals surface area (Å²) in [5, 5.41) is 31.1. The Labute approximate surface area is 156 Å². The maximum absolute atomic E-state index is 12.2. The van der Waals surface area contributed by atoms with Gasteiger partial charge in [-0.1, -0.05) is 26.2 Å². The van der Waals surface area contributed by atoms with Crippen molar-refractivity contribution in [3.05, 3.63) is 23.3 Å². The lowest BCUT2D eigenvalue weighted by atomic mass is 9.70. The van der Waals surface area contributed by atoms with Crippen LogP contribution in [-0.2, 0) is 11.2 Å². The van der Waals surface area contributed by atoms with E-state index in [1.807, 2.05) is 13.8 Å². The van der Waals surface area contributed by atoms with Crippen LogP contribution in [0.25, 0.3) is 0 Å². The van der Waals surface area contributed by atoms with Gasteiger partial charge in [0.05, 0.1) is 36.4 Å². The molecule has 9 nitrogen and oxygen atoms in total. The van der Waals surface area contributed by atoms with Crippen molar-refractivity contribution in [3.63, 3.8) is 0 Å². The van der Waals surface area contributed by atoms with Gasteiger partial charge < -0.3 is 40.0 Å². The van der Waals surface area contributed by atoms with Gasteiger partial charge in [-0.15, -0.1) is 0 Å². The van der Waals surface area contributed by atoms with Crippen molar-refractivity contribution in [3.8, 4) is 11.5 Å². The number of nitrogens with two attached hydrogens (primary N) is 1. The molecule has 4 N–H and O–H groups in total. The average Bonchev–Trinajstić information content (AvgIpc) is 2.54. The molecule has 0 aliphatic carbocycles. The Hall–Kier alpha value is -2.30. The Morgan fingerprint density at radius 1 is 1.37 bits per heavy atom. The number of aromatic carboxylic acids is 1. The van der Waals surface area contributed by atoms with Gasteiger partial charge in [0.1, 0.15) is 11.9 Å². The van der Waals surface area contributed by atoms with Crippen LogP contribution in [0.15, 0.2) is 12.1 Å². The number of benzene rings is 1. The number of nitrogens with zero attached hydrogens (tertiary/aromatic N) is 1. The van der Waals surface area contributed by atoms with E-state index >= 15 is 0 Å². The van der Waals surface area contributed by atoms with Crippen molar-refractivity contribution in [1.82, 2.24) is 4.90 Å². The molecule has 0 saturated carbocycles. The number of carboxylic acids is 1. The summed E-state index contributed by atoms with van der Waals surface area (Å²) in [7, 11) is 0. The summed E-state index contributed by atoms with van der Waals surface area (Å²) in [5.41, 5.74) is 6.03. The van der Waals surface area contributed by atoms with E-state index in [1.54, 1.807) is 11.0 Å². The van der Waals surface area contributed by atoms with Gasteiger partial charge in [0.2, 0.25) is 5.91 Å². The first-order valence-corrected chi connectivity index (χ1v) is 8.96. The number of fused-ring (bicyclic) bond motifs is 1. The fraction of sp³-hybridized carbons (Fsp3) is 0.529. The van der Waals surface area contributed by atoms with Crippen molar-refractivity contribution < 1.29 is 34.1 Å². The third-order valence-corrected chi connectivity index (χ3v) is 4.96. The minimum Gasteiger partial charge on any atom is -0.669 e. The zero-order chi connectivity index (χ0) is 19.9. The molecule has 27 heavy (non-hydrogen) atoms. The Balaban J connectivity index is 1.74. The fourth-order valence-electron chi connectivity index (χ4n) is 3.19. The average molecular weight is 378 g/mol. The van der Waals surface area contributed by atoms with Crippen molar-refractivity contribution in [2.45, 2.75) is 38.7 Å². The number of amides is 1. The highest BCUT2D eigenvalue weighted by molar-refractivity contribution is 6.59. The Bertz CT molecular complexity index is 762. The monoisotopic (exact) mass is 378 g/mol. The third kappa shape index (κ3) is 3.87. The van der Waals surface area contributed by atoms with E-state index in [4.69, 9.17) is 15.1 Å². The summed E-state index contributed by atoms with van der Waals surface area (Å²) >= 11 is 0. The van der Waals surface area contributed by atoms with Crippen molar-refractivity contribution in [2.75, 3.05) is 13.1 Å². The summed E-state index contributed by atoms with van der Waals surface area (Å²) in [6.07, 6.45) is -0.149. The molecule has 2 aliphatic heterocycles. The molecule has 0 radical (unpaired) electrons. The second-order valence-corrected chi connectivity index (χ2v) is 7.48. The molecular formula is C17H23BN2O7-2. The number of likely N-dealkylation sites (tertiary alicyclic amines) is 1. The van der Waals surface area contributed by atoms with Gasteiger partial charge in [-0.2, -0.15) is 0 Å². The fourth-order valence-corrected chi connectivity index (χ4v) is 3.19. The molecule has 0 spiro atoms. The van der Waals surface area contributed by atoms with Crippen LogP contribution in [0.1, 0.15) is 29.8 Å². The molecule has 0 unspecified atom stereocenters. The topological polar surface area (TPSA) is 145 Å². The van der Waals surface area contributed by atoms with Crippen molar-refractivity contribution in [2.24, 2.45) is 11.7 Å². The molecule has 1 saturated heterocycles. The number of ether oxygens (including phenoxy) is 1. The second-order valence-electron chi connectivity index (χ2n) is 7.48. The molecule has 2 aliphatic rings. The number of carbonyl (C=O) groups excluding carboxylic acids is 2. The van der Waals surface area contributed by atoms with Gasteiger partial charge in [-0.05, 0) is 24.0 Å². The zero-order valence-corrected chi connectivity index (χ0v) is 15.3. The second kappa shape index (κ2) is 7.03. The standard InChI is InChI=1S/C17H24BN2O7/c1-9(2)14(19)16(21)20-7-11(8-20)26-12-4-3-10-5-6-18(24,25)27-15(10)13(12)17(22)23/h3-4,9,11,14,24-25H,5-8,19H2,1-2H3,(H,22,23)/q-1/p-1/t14-/m1/s1. The van der Waals surface area contributed by atoms with E-state index in [1.165, 1.54) is 6.07 Å². The maximum atomic E-state index is 12.2. The quantitative estimate of drug-likeness (QED) is 0.524. The molecule has 0 bridgehead atoms. The van der Waals surface area contributed by atoms with Crippen LogP contribution in [-0.4, -0.2) is 58.8 Å². The van der Waals surface area contributed by atoms with Crippen LogP contribution in [0, 0.1) is 5.92 Å². The van der Waals surface area contributed by atoms with Crippen LogP contribution in [0.3, 0.4) is 0 Å². The van der Waals surface area contributed by atoms with E-state index < -0.39 is 24.9 Å². The minimum atomic E-state index is -3.12. The van der Waals surface area contributed by atoms with Crippen LogP contribution < -0.4 is 20.2 Å². The van der Waals surface area contributed by atoms with Gasteiger partial charge in [0.25, 0.3) is 0 Å². The number of rotatable bonds is 5. The number of aryl methyl sites for hydroxylation is 1.